The number of amides is 1. The van der Waals surface area contributed by atoms with Crippen LogP contribution in [-0.4, -0.2) is 65.7 Å². The van der Waals surface area contributed by atoms with Gasteiger partial charge < -0.3 is 14.4 Å². The summed E-state index contributed by atoms with van der Waals surface area (Å²) in [5.74, 6) is -0.0134. The Morgan fingerprint density at radius 3 is 2.47 bits per heavy atom. The Labute approximate surface area is 259 Å². The van der Waals surface area contributed by atoms with E-state index < -0.39 is 42.0 Å². The van der Waals surface area contributed by atoms with E-state index in [2.05, 4.69) is 11.6 Å². The Bertz CT molecular complexity index is 1540. The normalized spacial score (nSPS) is 21.4. The van der Waals surface area contributed by atoms with E-state index in [9.17, 15) is 26.7 Å². The van der Waals surface area contributed by atoms with Gasteiger partial charge in [0.05, 0.1) is 38.5 Å². The Balaban J connectivity index is 1.48. The average Bonchev–Trinajstić information content (AvgIpc) is 3.77. The van der Waals surface area contributed by atoms with Gasteiger partial charge in [-0.2, -0.15) is 13.2 Å². The Hall–Kier alpha value is -3.96. The number of ether oxygens (including phenoxy) is 2. The third-order valence-electron chi connectivity index (χ3n) is 8.51. The molecule has 12 heteroatoms. The second kappa shape index (κ2) is 12.4. The molecule has 2 aliphatic heterocycles. The molecular weight excluding hydrogens is 595 g/mol. The first kappa shape index (κ1) is 32.4. The predicted molar refractivity (Wildman–Crippen MR) is 160 cm³/mol. The van der Waals surface area contributed by atoms with Crippen LogP contribution in [0.3, 0.4) is 0 Å². The second-order valence-electron chi connectivity index (χ2n) is 12.3. The first-order valence-corrected chi connectivity index (χ1v) is 14.9. The molecule has 2 saturated heterocycles. The van der Waals surface area contributed by atoms with Crippen molar-refractivity contribution in [3.63, 3.8) is 0 Å². The minimum absolute atomic E-state index is 0.00333. The maximum Gasteiger partial charge on any atom is 0.412 e. The molecule has 0 N–H and O–H groups in total. The van der Waals surface area contributed by atoms with Crippen molar-refractivity contribution in [1.29, 1.82) is 0 Å². The summed E-state index contributed by atoms with van der Waals surface area (Å²) in [6.07, 6.45) is -1.07. The standard InChI is InChI=1S/C33H37F5N4O3/c1-17(2)24-11-25(29(44-6)12-27(24)35)26-13-39-31(41-14-23(34)15-41)40-28(26)16-42-20(5)30(45-32(42)43)18(3)9-22(21-7-8-21)10-19(4)33(36,37)38/h9-13,17,20-21,23,30H,3,7-8,14-16H2,1-2,4-6H3/b19-10+,22-9+/t20-,30+/m0/s1. The molecule has 1 aromatic heterocycles. The SMILES string of the molecule is C=C(/C=C(\C=C(/C)C(F)(F)F)C1CC1)[C@H]1OC(=O)N(Cc2nc(N3CC(F)C3)ncc2-c2cc(C(C)C)c(F)cc2OC)[C@H]1C. The van der Waals surface area contributed by atoms with E-state index >= 15 is 0 Å². The first-order chi connectivity index (χ1) is 21.2. The van der Waals surface area contributed by atoms with E-state index in [4.69, 9.17) is 14.5 Å². The number of alkyl halides is 4. The van der Waals surface area contributed by atoms with E-state index in [-0.39, 0.29) is 43.2 Å². The van der Waals surface area contributed by atoms with Gasteiger partial charge in [-0.15, -0.1) is 0 Å². The summed E-state index contributed by atoms with van der Waals surface area (Å²) in [5, 5.41) is 0. The molecule has 1 saturated carbocycles. The van der Waals surface area contributed by atoms with Gasteiger partial charge in [0.1, 0.15) is 23.8 Å². The molecule has 1 aromatic carbocycles. The number of aromatic nitrogens is 2. The lowest BCUT2D eigenvalue weighted by molar-refractivity contribution is -0.0913. The van der Waals surface area contributed by atoms with Crippen LogP contribution >= 0.6 is 0 Å². The van der Waals surface area contributed by atoms with Crippen molar-refractivity contribution < 1.29 is 36.2 Å². The topological polar surface area (TPSA) is 67.8 Å². The monoisotopic (exact) mass is 632 g/mol. The van der Waals surface area contributed by atoms with Crippen LogP contribution in [0.4, 0.5) is 32.7 Å². The van der Waals surface area contributed by atoms with Gasteiger partial charge in [0.15, 0.2) is 0 Å². The van der Waals surface area contributed by atoms with Gasteiger partial charge in [-0.05, 0) is 61.3 Å². The Morgan fingerprint density at radius 1 is 1.20 bits per heavy atom. The largest absolute Gasteiger partial charge is 0.496 e. The van der Waals surface area contributed by atoms with E-state index in [0.29, 0.717) is 33.5 Å². The van der Waals surface area contributed by atoms with Gasteiger partial charge >= 0.3 is 12.3 Å². The minimum Gasteiger partial charge on any atom is -0.496 e. The molecule has 5 rings (SSSR count). The Kier molecular flexibility index (Phi) is 8.97. The van der Waals surface area contributed by atoms with Gasteiger partial charge in [-0.3, -0.25) is 4.90 Å². The zero-order valence-corrected chi connectivity index (χ0v) is 25.9. The van der Waals surface area contributed by atoms with E-state index in [1.54, 1.807) is 30.2 Å². The van der Waals surface area contributed by atoms with Crippen LogP contribution in [0, 0.1) is 11.7 Å². The fourth-order valence-corrected chi connectivity index (χ4v) is 5.57. The zero-order valence-electron chi connectivity index (χ0n) is 25.9. The molecule has 1 aliphatic carbocycles. The highest BCUT2D eigenvalue weighted by atomic mass is 19.4. The number of rotatable bonds is 10. The quantitative estimate of drug-likeness (QED) is 0.198. The van der Waals surface area contributed by atoms with Crippen molar-refractivity contribution in [3.05, 3.63) is 70.9 Å². The third-order valence-corrected chi connectivity index (χ3v) is 8.51. The summed E-state index contributed by atoms with van der Waals surface area (Å²) in [6, 6.07) is 2.43. The van der Waals surface area contributed by atoms with Crippen molar-refractivity contribution in [2.24, 2.45) is 5.92 Å². The number of hydrogen-bond acceptors (Lipinski definition) is 6. The third kappa shape index (κ3) is 6.84. The van der Waals surface area contributed by atoms with Gasteiger partial charge in [0.2, 0.25) is 5.95 Å². The number of halogens is 5. The van der Waals surface area contributed by atoms with Crippen LogP contribution in [-0.2, 0) is 11.3 Å². The summed E-state index contributed by atoms with van der Waals surface area (Å²) in [6.45, 7) is 10.8. The molecule has 242 valence electrons. The average molecular weight is 633 g/mol. The van der Waals surface area contributed by atoms with E-state index in [1.807, 2.05) is 13.8 Å². The number of allylic oxidation sites excluding steroid dienone is 3. The number of carbonyl (C=O) groups excluding carboxylic acids is 1. The number of carbonyl (C=O) groups is 1. The van der Waals surface area contributed by atoms with Gasteiger partial charge in [-0.1, -0.05) is 32.6 Å². The van der Waals surface area contributed by atoms with Crippen molar-refractivity contribution in [2.75, 3.05) is 25.1 Å². The summed E-state index contributed by atoms with van der Waals surface area (Å²) in [7, 11) is 1.43. The summed E-state index contributed by atoms with van der Waals surface area (Å²) < 4.78 is 79.5. The van der Waals surface area contributed by atoms with Crippen molar-refractivity contribution in [3.8, 4) is 16.9 Å². The summed E-state index contributed by atoms with van der Waals surface area (Å²) in [5.41, 5.74) is 2.08. The van der Waals surface area contributed by atoms with Gasteiger partial charge in [-0.25, -0.2) is 23.5 Å². The molecule has 1 amide bonds. The van der Waals surface area contributed by atoms with Crippen LogP contribution in [0.25, 0.3) is 11.1 Å². The molecule has 2 aromatic rings. The number of methoxy groups -OCH3 is 1. The maximum absolute atomic E-state index is 14.9. The molecule has 45 heavy (non-hydrogen) atoms. The zero-order chi connectivity index (χ0) is 32.8. The predicted octanol–water partition coefficient (Wildman–Crippen LogP) is 7.68. The fourth-order valence-electron chi connectivity index (χ4n) is 5.57. The molecule has 3 fully saturated rings. The highest BCUT2D eigenvalue weighted by molar-refractivity contribution is 5.75. The van der Waals surface area contributed by atoms with Crippen molar-refractivity contribution in [1.82, 2.24) is 14.9 Å². The molecular formula is C33H37F5N4O3. The summed E-state index contributed by atoms with van der Waals surface area (Å²) in [4.78, 5) is 25.5. The van der Waals surface area contributed by atoms with E-state index in [1.165, 1.54) is 18.1 Å². The fraction of sp³-hybridized carbons (Fsp3) is 0.485. The number of hydrogen-bond donors (Lipinski definition) is 0. The molecule has 0 spiro atoms. The lowest BCUT2D eigenvalue weighted by Gasteiger charge is -2.34. The number of benzene rings is 1. The highest BCUT2D eigenvalue weighted by Gasteiger charge is 2.41. The number of cyclic esters (lactones) is 1. The molecule has 0 bridgehead atoms. The van der Waals surface area contributed by atoms with Gasteiger partial charge in [0, 0.05) is 29.0 Å². The summed E-state index contributed by atoms with van der Waals surface area (Å²) >= 11 is 0. The smallest absolute Gasteiger partial charge is 0.412 e. The molecule has 3 heterocycles. The van der Waals surface area contributed by atoms with Crippen LogP contribution in [0.1, 0.15) is 57.7 Å². The number of nitrogens with zero attached hydrogens (tertiary/aromatic N) is 4. The minimum atomic E-state index is -4.45. The molecule has 7 nitrogen and oxygen atoms in total. The molecule has 2 atom stereocenters. The van der Waals surface area contributed by atoms with Crippen molar-refractivity contribution >= 4 is 12.0 Å². The lowest BCUT2D eigenvalue weighted by atomic mass is 9.95. The molecule has 0 unspecified atom stereocenters. The van der Waals surface area contributed by atoms with Crippen LogP contribution in [0.5, 0.6) is 5.75 Å². The second-order valence-corrected chi connectivity index (χ2v) is 12.3. The molecule has 3 aliphatic rings. The van der Waals surface area contributed by atoms with Crippen LogP contribution in [0.2, 0.25) is 0 Å². The van der Waals surface area contributed by atoms with Gasteiger partial charge in [0.25, 0.3) is 0 Å². The van der Waals surface area contributed by atoms with Crippen LogP contribution in [0.15, 0.2) is 53.8 Å². The first-order valence-electron chi connectivity index (χ1n) is 14.9. The maximum atomic E-state index is 14.9. The Morgan fingerprint density at radius 2 is 1.89 bits per heavy atom. The van der Waals surface area contributed by atoms with Crippen molar-refractivity contribution in [2.45, 2.75) is 77.5 Å². The molecule has 0 radical (unpaired) electrons. The van der Waals surface area contributed by atoms with E-state index in [0.717, 1.165) is 25.8 Å². The highest BCUT2D eigenvalue weighted by Crippen LogP contribution is 2.41. The number of anilines is 1. The van der Waals surface area contributed by atoms with Crippen LogP contribution < -0.4 is 9.64 Å². The lowest BCUT2D eigenvalue weighted by Crippen LogP contribution is -2.49.